The lowest BCUT2D eigenvalue weighted by Gasteiger charge is -2.14. The minimum Gasteiger partial charge on any atom is -0.297 e. The molecular weight excluding hydrogens is 256 g/mol. The molecular formula is C15H16N2O3. The van der Waals surface area contributed by atoms with Gasteiger partial charge >= 0.3 is 5.69 Å². The van der Waals surface area contributed by atoms with Crippen LogP contribution in [0, 0.1) is 0 Å². The van der Waals surface area contributed by atoms with Crippen LogP contribution in [0.15, 0.2) is 46.1 Å². The molecule has 1 aromatic carbocycles. The highest BCUT2D eigenvalue weighted by Crippen LogP contribution is 2.05. The number of hydrogen-bond acceptors (Lipinski definition) is 3. The first-order chi connectivity index (χ1) is 9.43. The number of ketones is 1. The van der Waals surface area contributed by atoms with E-state index in [0.29, 0.717) is 5.69 Å². The lowest BCUT2D eigenvalue weighted by molar-refractivity contribution is 0.101. The lowest BCUT2D eigenvalue weighted by atomic mass is 10.2. The van der Waals surface area contributed by atoms with Crippen molar-refractivity contribution in [2.75, 3.05) is 0 Å². The van der Waals surface area contributed by atoms with E-state index in [4.69, 9.17) is 0 Å². The summed E-state index contributed by atoms with van der Waals surface area (Å²) in [6, 6.07) is 8.46. The van der Waals surface area contributed by atoms with Gasteiger partial charge in [-0.3, -0.25) is 14.2 Å². The number of benzene rings is 1. The molecule has 2 rings (SSSR count). The quantitative estimate of drug-likeness (QED) is 0.800. The van der Waals surface area contributed by atoms with Crippen molar-refractivity contribution in [3.63, 3.8) is 0 Å². The second-order valence-electron chi connectivity index (χ2n) is 4.86. The molecule has 0 atom stereocenters. The Labute approximate surface area is 116 Å². The van der Waals surface area contributed by atoms with Gasteiger partial charge in [0.1, 0.15) is 0 Å². The van der Waals surface area contributed by atoms with Crippen LogP contribution >= 0.6 is 0 Å². The zero-order chi connectivity index (χ0) is 14.9. The summed E-state index contributed by atoms with van der Waals surface area (Å²) in [7, 11) is 0. The first kappa shape index (κ1) is 14.0. The molecule has 0 radical (unpaired) electrons. The number of para-hydroxylation sites is 1. The Morgan fingerprint density at radius 3 is 2.20 bits per heavy atom. The van der Waals surface area contributed by atoms with Crippen molar-refractivity contribution in [3.05, 3.63) is 62.9 Å². The molecule has 2 aromatic rings. The third-order valence-corrected chi connectivity index (χ3v) is 3.06. The van der Waals surface area contributed by atoms with Crippen molar-refractivity contribution in [2.24, 2.45) is 0 Å². The molecule has 0 saturated carbocycles. The third kappa shape index (κ3) is 2.34. The van der Waals surface area contributed by atoms with Gasteiger partial charge in [0.05, 0.1) is 11.3 Å². The number of nitrogens with zero attached hydrogens (tertiary/aromatic N) is 2. The van der Waals surface area contributed by atoms with E-state index >= 15 is 0 Å². The average Bonchev–Trinajstić information content (AvgIpc) is 2.39. The Balaban J connectivity index is 2.90. The number of rotatable bonds is 3. The number of carbonyl (C=O) groups excluding carboxylic acids is 1. The van der Waals surface area contributed by atoms with Gasteiger partial charge in [0.15, 0.2) is 5.78 Å². The number of Topliss-reactive ketones (excluding diaryl/α,β-unsaturated/α-hetero) is 1. The fraction of sp³-hybridized carbons (Fsp3) is 0.267. The van der Waals surface area contributed by atoms with Crippen LogP contribution in [0.4, 0.5) is 0 Å². The van der Waals surface area contributed by atoms with E-state index in [-0.39, 0.29) is 17.4 Å². The molecule has 1 aromatic heterocycles. The standard InChI is InChI=1S/C15H16N2O3/c1-10(2)16-9-13(11(3)18)14(19)17(15(16)20)12-7-5-4-6-8-12/h4-10H,1-3H3. The SMILES string of the molecule is CC(=O)c1cn(C(C)C)c(=O)n(-c2ccccc2)c1=O. The van der Waals surface area contributed by atoms with Crippen LogP contribution < -0.4 is 11.2 Å². The van der Waals surface area contributed by atoms with Crippen LogP contribution in [0.25, 0.3) is 5.69 Å². The maximum absolute atomic E-state index is 12.4. The summed E-state index contributed by atoms with van der Waals surface area (Å²) in [6.45, 7) is 4.97. The Hall–Kier alpha value is -2.43. The smallest absolute Gasteiger partial charge is 0.297 e. The Bertz CT molecular complexity index is 755. The van der Waals surface area contributed by atoms with Gasteiger partial charge in [-0.1, -0.05) is 18.2 Å². The molecule has 0 N–H and O–H groups in total. The van der Waals surface area contributed by atoms with E-state index in [1.807, 2.05) is 13.8 Å². The van der Waals surface area contributed by atoms with Crippen molar-refractivity contribution in [3.8, 4) is 5.69 Å². The Morgan fingerprint density at radius 2 is 1.70 bits per heavy atom. The Kier molecular flexibility index (Phi) is 3.70. The normalized spacial score (nSPS) is 10.8. The Morgan fingerprint density at radius 1 is 1.10 bits per heavy atom. The van der Waals surface area contributed by atoms with Gasteiger partial charge in [-0.25, -0.2) is 9.36 Å². The molecule has 0 aliphatic heterocycles. The van der Waals surface area contributed by atoms with Gasteiger partial charge in [-0.05, 0) is 32.9 Å². The minimum absolute atomic E-state index is 0.0159. The molecule has 0 fully saturated rings. The molecule has 0 unspecified atom stereocenters. The summed E-state index contributed by atoms with van der Waals surface area (Å²) >= 11 is 0. The van der Waals surface area contributed by atoms with Gasteiger partial charge < -0.3 is 0 Å². The lowest BCUT2D eigenvalue weighted by Crippen LogP contribution is -2.41. The molecule has 0 spiro atoms. The number of hydrogen-bond donors (Lipinski definition) is 0. The summed E-state index contributed by atoms with van der Waals surface area (Å²) in [6.07, 6.45) is 1.34. The van der Waals surface area contributed by atoms with Crippen molar-refractivity contribution in [1.29, 1.82) is 0 Å². The second kappa shape index (κ2) is 5.28. The highest BCUT2D eigenvalue weighted by atomic mass is 16.2. The first-order valence-electron chi connectivity index (χ1n) is 6.38. The van der Waals surface area contributed by atoms with Gasteiger partial charge in [0, 0.05) is 12.2 Å². The molecule has 0 bridgehead atoms. The molecule has 1 heterocycles. The van der Waals surface area contributed by atoms with Gasteiger partial charge in [0.2, 0.25) is 0 Å². The van der Waals surface area contributed by atoms with E-state index in [1.54, 1.807) is 30.3 Å². The molecule has 0 saturated heterocycles. The minimum atomic E-state index is -0.578. The monoisotopic (exact) mass is 272 g/mol. The maximum Gasteiger partial charge on any atom is 0.335 e. The molecule has 20 heavy (non-hydrogen) atoms. The molecule has 5 heteroatoms. The van der Waals surface area contributed by atoms with Crippen molar-refractivity contribution in [2.45, 2.75) is 26.8 Å². The van der Waals surface area contributed by atoms with Gasteiger partial charge in [-0.15, -0.1) is 0 Å². The zero-order valence-corrected chi connectivity index (χ0v) is 11.7. The summed E-state index contributed by atoms with van der Waals surface area (Å²) in [5, 5.41) is 0. The first-order valence-corrected chi connectivity index (χ1v) is 6.38. The topological polar surface area (TPSA) is 61.1 Å². The van der Waals surface area contributed by atoms with Crippen molar-refractivity contribution < 1.29 is 4.79 Å². The van der Waals surface area contributed by atoms with Gasteiger partial charge in [-0.2, -0.15) is 0 Å². The molecule has 5 nitrogen and oxygen atoms in total. The van der Waals surface area contributed by atoms with Crippen LogP contribution in [0.2, 0.25) is 0 Å². The maximum atomic E-state index is 12.4. The van der Waals surface area contributed by atoms with E-state index in [9.17, 15) is 14.4 Å². The van der Waals surface area contributed by atoms with Crippen LogP contribution in [0.3, 0.4) is 0 Å². The van der Waals surface area contributed by atoms with E-state index in [0.717, 1.165) is 4.57 Å². The fourth-order valence-corrected chi connectivity index (χ4v) is 1.99. The predicted molar refractivity (Wildman–Crippen MR) is 76.7 cm³/mol. The number of aromatic nitrogens is 2. The van der Waals surface area contributed by atoms with Crippen LogP contribution in [0.1, 0.15) is 37.2 Å². The second-order valence-corrected chi connectivity index (χ2v) is 4.86. The zero-order valence-electron chi connectivity index (χ0n) is 11.7. The molecule has 0 amide bonds. The average molecular weight is 272 g/mol. The van der Waals surface area contributed by atoms with Gasteiger partial charge in [0.25, 0.3) is 5.56 Å². The molecule has 0 aliphatic carbocycles. The van der Waals surface area contributed by atoms with Crippen LogP contribution in [0.5, 0.6) is 0 Å². The van der Waals surface area contributed by atoms with Crippen LogP contribution in [-0.2, 0) is 0 Å². The van der Waals surface area contributed by atoms with E-state index in [1.165, 1.54) is 17.7 Å². The van der Waals surface area contributed by atoms with Crippen molar-refractivity contribution in [1.82, 2.24) is 9.13 Å². The van der Waals surface area contributed by atoms with E-state index < -0.39 is 11.2 Å². The van der Waals surface area contributed by atoms with E-state index in [2.05, 4.69) is 0 Å². The highest BCUT2D eigenvalue weighted by Gasteiger charge is 2.16. The fourth-order valence-electron chi connectivity index (χ4n) is 1.99. The summed E-state index contributed by atoms with van der Waals surface area (Å²) in [4.78, 5) is 36.4. The van der Waals surface area contributed by atoms with Crippen molar-refractivity contribution >= 4 is 5.78 Å². The third-order valence-electron chi connectivity index (χ3n) is 3.06. The largest absolute Gasteiger partial charge is 0.335 e. The molecule has 104 valence electrons. The summed E-state index contributed by atoms with van der Waals surface area (Å²) in [5.74, 6) is -0.353. The predicted octanol–water partition coefficient (Wildman–Crippen LogP) is 1.78. The van der Waals surface area contributed by atoms with Crippen LogP contribution in [-0.4, -0.2) is 14.9 Å². The summed E-state index contributed by atoms with van der Waals surface area (Å²) < 4.78 is 2.43. The highest BCUT2D eigenvalue weighted by molar-refractivity contribution is 5.93. The summed E-state index contributed by atoms with van der Waals surface area (Å²) in [5.41, 5.74) is -0.547. The molecule has 0 aliphatic rings. The number of carbonyl (C=O) groups is 1.